The lowest BCUT2D eigenvalue weighted by Gasteiger charge is -2.47. The van der Waals surface area contributed by atoms with Gasteiger partial charge in [0.25, 0.3) is 0 Å². The highest BCUT2D eigenvalue weighted by molar-refractivity contribution is 6.38. The van der Waals surface area contributed by atoms with Crippen LogP contribution in [-0.4, -0.2) is 53.3 Å². The monoisotopic (exact) mass is 353 g/mol. The number of halogens is 2. The number of aliphatic hydroxyl groups is 1. The summed E-state index contributed by atoms with van der Waals surface area (Å²) in [6.45, 7) is 7.94. The minimum Gasteiger partial charge on any atom is -0.395 e. The van der Waals surface area contributed by atoms with Crippen molar-refractivity contribution >= 4 is 39.9 Å². The highest BCUT2D eigenvalue weighted by atomic mass is 35.5. The second-order valence-corrected chi connectivity index (χ2v) is 7.41. The van der Waals surface area contributed by atoms with E-state index in [2.05, 4.69) is 23.6 Å². The van der Waals surface area contributed by atoms with Crippen molar-refractivity contribution in [2.75, 3.05) is 37.7 Å². The van der Waals surface area contributed by atoms with Gasteiger partial charge in [0.05, 0.1) is 17.1 Å². The van der Waals surface area contributed by atoms with Crippen LogP contribution >= 0.6 is 23.2 Å². The lowest BCUT2D eigenvalue weighted by Crippen LogP contribution is -2.60. The number of fused-ring (bicyclic) bond motifs is 1. The molecule has 0 radical (unpaired) electrons. The summed E-state index contributed by atoms with van der Waals surface area (Å²) in [4.78, 5) is 9.34. The number of hydrogen-bond acceptors (Lipinski definition) is 4. The SMILES string of the molecule is CC1(C)CN(c2ccc3c(Cl)cc(Cl)cc3n2)CCN1CCO. The highest BCUT2D eigenvalue weighted by Crippen LogP contribution is 2.30. The summed E-state index contributed by atoms with van der Waals surface area (Å²) in [5.41, 5.74) is 0.805. The predicted molar refractivity (Wildman–Crippen MR) is 96.7 cm³/mol. The van der Waals surface area contributed by atoms with Gasteiger partial charge in [-0.15, -0.1) is 0 Å². The number of β-amino-alcohol motifs (C(OH)–C–C–N with tert-alkyl or cyclic N) is 1. The van der Waals surface area contributed by atoms with Gasteiger partial charge < -0.3 is 10.0 Å². The van der Waals surface area contributed by atoms with E-state index in [1.54, 1.807) is 6.07 Å². The third kappa shape index (κ3) is 3.41. The molecule has 3 rings (SSSR count). The summed E-state index contributed by atoms with van der Waals surface area (Å²) >= 11 is 12.3. The van der Waals surface area contributed by atoms with E-state index >= 15 is 0 Å². The number of hydrogen-bond donors (Lipinski definition) is 1. The smallest absolute Gasteiger partial charge is 0.129 e. The Morgan fingerprint density at radius 2 is 2.00 bits per heavy atom. The van der Waals surface area contributed by atoms with Crippen LogP contribution in [0.5, 0.6) is 0 Å². The van der Waals surface area contributed by atoms with Crippen LogP contribution < -0.4 is 4.90 Å². The van der Waals surface area contributed by atoms with Gasteiger partial charge in [-0.05, 0) is 38.1 Å². The third-order valence-corrected chi connectivity index (χ3v) is 5.01. The molecule has 1 aliphatic rings. The van der Waals surface area contributed by atoms with Gasteiger partial charge >= 0.3 is 0 Å². The number of anilines is 1. The summed E-state index contributed by atoms with van der Waals surface area (Å²) in [7, 11) is 0. The van der Waals surface area contributed by atoms with E-state index in [1.165, 1.54) is 0 Å². The molecule has 2 heterocycles. The quantitative estimate of drug-likeness (QED) is 0.917. The van der Waals surface area contributed by atoms with Crippen LogP contribution in [0.25, 0.3) is 10.9 Å². The Kier molecular flexibility index (Phi) is 4.70. The maximum atomic E-state index is 9.21. The average Bonchev–Trinajstić information content (AvgIpc) is 2.48. The van der Waals surface area contributed by atoms with Gasteiger partial charge in [0, 0.05) is 42.1 Å². The van der Waals surface area contributed by atoms with Crippen molar-refractivity contribution in [2.45, 2.75) is 19.4 Å². The first kappa shape index (κ1) is 16.8. The second-order valence-electron chi connectivity index (χ2n) is 6.57. The van der Waals surface area contributed by atoms with E-state index in [4.69, 9.17) is 28.2 Å². The minimum atomic E-state index is -0.0103. The molecule has 1 aromatic carbocycles. The summed E-state index contributed by atoms with van der Waals surface area (Å²) in [6.07, 6.45) is 0. The normalized spacial score (nSPS) is 18.6. The highest BCUT2D eigenvalue weighted by Gasteiger charge is 2.33. The van der Waals surface area contributed by atoms with Crippen molar-refractivity contribution in [2.24, 2.45) is 0 Å². The Hall–Kier alpha value is -1.07. The van der Waals surface area contributed by atoms with Gasteiger partial charge in [0.2, 0.25) is 0 Å². The summed E-state index contributed by atoms with van der Waals surface area (Å²) in [5, 5.41) is 11.3. The van der Waals surface area contributed by atoms with Crippen LogP contribution in [0.2, 0.25) is 10.0 Å². The molecule has 1 N–H and O–H groups in total. The van der Waals surface area contributed by atoms with Crippen molar-refractivity contribution in [3.05, 3.63) is 34.3 Å². The van der Waals surface area contributed by atoms with Crippen molar-refractivity contribution in [1.29, 1.82) is 0 Å². The number of piperazine rings is 1. The molecular weight excluding hydrogens is 333 g/mol. The van der Waals surface area contributed by atoms with E-state index in [0.29, 0.717) is 16.6 Å². The molecule has 23 heavy (non-hydrogen) atoms. The van der Waals surface area contributed by atoms with Gasteiger partial charge in [-0.3, -0.25) is 4.90 Å². The number of aromatic nitrogens is 1. The lowest BCUT2D eigenvalue weighted by atomic mass is 9.98. The molecule has 1 saturated heterocycles. The molecule has 0 saturated carbocycles. The zero-order valence-electron chi connectivity index (χ0n) is 13.4. The van der Waals surface area contributed by atoms with Crippen molar-refractivity contribution in [3.8, 4) is 0 Å². The first-order valence-electron chi connectivity index (χ1n) is 7.77. The molecule has 0 spiro atoms. The van der Waals surface area contributed by atoms with Crippen LogP contribution in [-0.2, 0) is 0 Å². The molecule has 1 aliphatic heterocycles. The fraction of sp³-hybridized carbons (Fsp3) is 0.471. The van der Waals surface area contributed by atoms with Gasteiger partial charge in [-0.2, -0.15) is 0 Å². The van der Waals surface area contributed by atoms with E-state index in [1.807, 2.05) is 18.2 Å². The maximum absolute atomic E-state index is 9.21. The number of pyridine rings is 1. The molecule has 1 fully saturated rings. The van der Waals surface area contributed by atoms with E-state index in [0.717, 1.165) is 36.4 Å². The topological polar surface area (TPSA) is 39.6 Å². The summed E-state index contributed by atoms with van der Waals surface area (Å²) in [6, 6.07) is 7.60. The predicted octanol–water partition coefficient (Wildman–Crippen LogP) is 3.43. The standard InChI is InChI=1S/C17H21Cl2N3O/c1-17(2)11-21(5-6-22(17)7-8-23)16-4-3-13-14(19)9-12(18)10-15(13)20-16/h3-4,9-10,23H,5-8,11H2,1-2H3. The van der Waals surface area contributed by atoms with Gasteiger partial charge in [-0.25, -0.2) is 4.98 Å². The Balaban J connectivity index is 1.89. The Morgan fingerprint density at radius 1 is 1.22 bits per heavy atom. The second kappa shape index (κ2) is 6.44. The van der Waals surface area contributed by atoms with Crippen molar-refractivity contribution < 1.29 is 5.11 Å². The molecule has 0 bridgehead atoms. The lowest BCUT2D eigenvalue weighted by molar-refractivity contribution is 0.0811. The summed E-state index contributed by atoms with van der Waals surface area (Å²) in [5.74, 6) is 0.938. The number of benzene rings is 1. The summed E-state index contributed by atoms with van der Waals surface area (Å²) < 4.78 is 0. The minimum absolute atomic E-state index is 0.0103. The molecule has 6 heteroatoms. The molecule has 124 valence electrons. The first-order valence-corrected chi connectivity index (χ1v) is 8.53. The molecule has 0 unspecified atom stereocenters. The van der Waals surface area contributed by atoms with E-state index < -0.39 is 0 Å². The zero-order valence-corrected chi connectivity index (χ0v) is 14.9. The fourth-order valence-corrected chi connectivity index (χ4v) is 3.79. The Bertz CT molecular complexity index is 720. The van der Waals surface area contributed by atoms with Crippen LogP contribution in [0.1, 0.15) is 13.8 Å². The fourth-order valence-electron chi connectivity index (χ4n) is 3.24. The third-order valence-electron chi connectivity index (χ3n) is 4.47. The first-order chi connectivity index (χ1) is 10.9. The molecule has 0 atom stereocenters. The van der Waals surface area contributed by atoms with Gasteiger partial charge in [0.1, 0.15) is 5.82 Å². The maximum Gasteiger partial charge on any atom is 0.129 e. The van der Waals surface area contributed by atoms with Crippen molar-refractivity contribution in [1.82, 2.24) is 9.88 Å². The van der Waals surface area contributed by atoms with Crippen LogP contribution in [0.3, 0.4) is 0 Å². The zero-order chi connectivity index (χ0) is 16.6. The molecule has 2 aromatic rings. The van der Waals surface area contributed by atoms with Crippen LogP contribution in [0.4, 0.5) is 5.82 Å². The number of nitrogens with zero attached hydrogens (tertiary/aromatic N) is 3. The molecule has 1 aromatic heterocycles. The largest absolute Gasteiger partial charge is 0.395 e. The van der Waals surface area contributed by atoms with E-state index in [9.17, 15) is 5.11 Å². The molecular formula is C17H21Cl2N3O. The van der Waals surface area contributed by atoms with E-state index in [-0.39, 0.29) is 12.1 Å². The molecule has 0 amide bonds. The van der Waals surface area contributed by atoms with Crippen molar-refractivity contribution in [3.63, 3.8) is 0 Å². The number of rotatable bonds is 3. The Labute approximate surface area is 146 Å². The number of aliphatic hydroxyl groups excluding tert-OH is 1. The van der Waals surface area contributed by atoms with Gasteiger partial charge in [-0.1, -0.05) is 23.2 Å². The Morgan fingerprint density at radius 3 is 2.70 bits per heavy atom. The average molecular weight is 354 g/mol. The molecule has 4 nitrogen and oxygen atoms in total. The van der Waals surface area contributed by atoms with Crippen LogP contribution in [0.15, 0.2) is 24.3 Å². The van der Waals surface area contributed by atoms with Gasteiger partial charge in [0.15, 0.2) is 0 Å². The van der Waals surface area contributed by atoms with Crippen LogP contribution in [0, 0.1) is 0 Å². The molecule has 0 aliphatic carbocycles.